The molecule has 0 bridgehead atoms. The van der Waals surface area contributed by atoms with Gasteiger partial charge in [0.2, 0.25) is 11.8 Å². The lowest BCUT2D eigenvalue weighted by atomic mass is 9.88. The van der Waals surface area contributed by atoms with Crippen LogP contribution in [0.15, 0.2) is 48.5 Å². The highest BCUT2D eigenvalue weighted by Gasteiger charge is 2.40. The minimum atomic E-state index is -1.15. The van der Waals surface area contributed by atoms with Gasteiger partial charge in [-0.2, -0.15) is 0 Å². The van der Waals surface area contributed by atoms with Crippen molar-refractivity contribution in [1.82, 2.24) is 0 Å². The molecule has 152 valence electrons. The van der Waals surface area contributed by atoms with E-state index in [1.807, 2.05) is 42.5 Å². The van der Waals surface area contributed by atoms with Crippen molar-refractivity contribution in [3.05, 3.63) is 54.1 Å². The third-order valence-electron chi connectivity index (χ3n) is 6.05. The molecule has 2 aromatic carbocycles. The summed E-state index contributed by atoms with van der Waals surface area (Å²) in [5.41, 5.74) is 2.84. The summed E-state index contributed by atoms with van der Waals surface area (Å²) in [7, 11) is 0. The molecule has 0 unspecified atom stereocenters. The van der Waals surface area contributed by atoms with Crippen molar-refractivity contribution < 1.29 is 9.59 Å². The average molecular weight is 392 g/mol. The van der Waals surface area contributed by atoms with Crippen molar-refractivity contribution >= 4 is 28.9 Å². The Kier molecular flexibility index (Phi) is 5.31. The SMILES string of the molecule is CC(C)(C(=O)Nc1ccc(N2CCCC2)cc1)C(=O)N1CCCc2ccccc21. The molecule has 1 saturated heterocycles. The van der Waals surface area contributed by atoms with Gasteiger partial charge >= 0.3 is 0 Å². The summed E-state index contributed by atoms with van der Waals surface area (Å²) in [5, 5.41) is 2.94. The summed E-state index contributed by atoms with van der Waals surface area (Å²) in [6, 6.07) is 15.9. The predicted octanol–water partition coefficient (Wildman–Crippen LogP) is 4.23. The summed E-state index contributed by atoms with van der Waals surface area (Å²) in [6.07, 6.45) is 4.34. The Hall–Kier alpha value is -2.82. The molecule has 0 aromatic heterocycles. The van der Waals surface area contributed by atoms with Crippen LogP contribution < -0.4 is 15.1 Å². The van der Waals surface area contributed by atoms with E-state index < -0.39 is 5.41 Å². The molecule has 5 nitrogen and oxygen atoms in total. The number of para-hydroxylation sites is 1. The molecule has 0 spiro atoms. The molecule has 2 heterocycles. The molecule has 2 aliphatic heterocycles. The smallest absolute Gasteiger partial charge is 0.242 e. The van der Waals surface area contributed by atoms with Crippen LogP contribution >= 0.6 is 0 Å². The van der Waals surface area contributed by atoms with Gasteiger partial charge in [0, 0.05) is 36.7 Å². The lowest BCUT2D eigenvalue weighted by molar-refractivity contribution is -0.136. The Morgan fingerprint density at radius 2 is 1.59 bits per heavy atom. The lowest BCUT2D eigenvalue weighted by Crippen LogP contribution is -2.49. The van der Waals surface area contributed by atoms with Crippen LogP contribution in [0.3, 0.4) is 0 Å². The van der Waals surface area contributed by atoms with Gasteiger partial charge in [-0.1, -0.05) is 18.2 Å². The Bertz CT molecular complexity index is 899. The van der Waals surface area contributed by atoms with Crippen LogP contribution in [-0.4, -0.2) is 31.4 Å². The van der Waals surface area contributed by atoms with E-state index in [1.165, 1.54) is 24.1 Å². The molecule has 1 N–H and O–H groups in total. The zero-order chi connectivity index (χ0) is 20.4. The van der Waals surface area contributed by atoms with Crippen LogP contribution in [0.5, 0.6) is 0 Å². The summed E-state index contributed by atoms with van der Waals surface area (Å²) in [5.74, 6) is -0.435. The number of anilines is 3. The van der Waals surface area contributed by atoms with Gasteiger partial charge in [0.25, 0.3) is 0 Å². The van der Waals surface area contributed by atoms with E-state index >= 15 is 0 Å². The molecule has 0 aliphatic carbocycles. The fraction of sp³-hybridized carbons (Fsp3) is 0.417. The first-order valence-electron chi connectivity index (χ1n) is 10.5. The highest BCUT2D eigenvalue weighted by atomic mass is 16.2. The van der Waals surface area contributed by atoms with Crippen LogP contribution in [0, 0.1) is 5.41 Å². The van der Waals surface area contributed by atoms with Gasteiger partial charge in [0.1, 0.15) is 5.41 Å². The van der Waals surface area contributed by atoms with Gasteiger partial charge in [-0.25, -0.2) is 0 Å². The first kappa shape index (κ1) is 19.5. The van der Waals surface area contributed by atoms with Crippen molar-refractivity contribution in [3.63, 3.8) is 0 Å². The van der Waals surface area contributed by atoms with Crippen LogP contribution in [0.25, 0.3) is 0 Å². The monoisotopic (exact) mass is 391 g/mol. The van der Waals surface area contributed by atoms with Gasteiger partial charge in [-0.05, 0) is 75.4 Å². The van der Waals surface area contributed by atoms with Crippen LogP contribution in [0.2, 0.25) is 0 Å². The van der Waals surface area contributed by atoms with E-state index in [2.05, 4.69) is 16.3 Å². The number of nitrogens with one attached hydrogen (secondary N) is 1. The molecule has 5 heteroatoms. The average Bonchev–Trinajstić information content (AvgIpc) is 3.28. The number of nitrogens with zero attached hydrogens (tertiary/aromatic N) is 2. The Labute approximate surface area is 172 Å². The number of rotatable bonds is 4. The van der Waals surface area contributed by atoms with E-state index in [0.29, 0.717) is 6.54 Å². The molecule has 29 heavy (non-hydrogen) atoms. The molecule has 0 saturated carbocycles. The second kappa shape index (κ2) is 7.90. The topological polar surface area (TPSA) is 52.7 Å². The van der Waals surface area contributed by atoms with E-state index in [4.69, 9.17) is 0 Å². The molecular weight excluding hydrogens is 362 g/mol. The Morgan fingerprint density at radius 3 is 2.31 bits per heavy atom. The number of hydrogen-bond donors (Lipinski definition) is 1. The molecule has 4 rings (SSSR count). The number of benzene rings is 2. The summed E-state index contributed by atoms with van der Waals surface area (Å²) < 4.78 is 0. The molecule has 2 aromatic rings. The van der Waals surface area contributed by atoms with Crippen molar-refractivity contribution in [2.24, 2.45) is 5.41 Å². The third-order valence-corrected chi connectivity index (χ3v) is 6.05. The summed E-state index contributed by atoms with van der Waals surface area (Å²) in [6.45, 7) is 6.24. The van der Waals surface area contributed by atoms with E-state index in [1.54, 1.807) is 18.7 Å². The molecule has 2 aliphatic rings. The zero-order valence-electron chi connectivity index (χ0n) is 17.3. The van der Waals surface area contributed by atoms with Gasteiger partial charge in [0.05, 0.1) is 0 Å². The minimum absolute atomic E-state index is 0.157. The number of amides is 2. The summed E-state index contributed by atoms with van der Waals surface area (Å²) >= 11 is 0. The third kappa shape index (κ3) is 3.86. The van der Waals surface area contributed by atoms with Crippen molar-refractivity contribution in [3.8, 4) is 0 Å². The lowest BCUT2D eigenvalue weighted by Gasteiger charge is -2.35. The normalized spacial score (nSPS) is 16.5. The fourth-order valence-electron chi connectivity index (χ4n) is 4.20. The largest absolute Gasteiger partial charge is 0.372 e. The molecule has 0 radical (unpaired) electrons. The maximum absolute atomic E-state index is 13.3. The number of carbonyl (C=O) groups excluding carboxylic acids is 2. The first-order chi connectivity index (χ1) is 14.0. The number of fused-ring (bicyclic) bond motifs is 1. The van der Waals surface area contributed by atoms with E-state index in [-0.39, 0.29) is 11.8 Å². The minimum Gasteiger partial charge on any atom is -0.372 e. The Balaban J connectivity index is 1.47. The second-order valence-corrected chi connectivity index (χ2v) is 8.51. The van der Waals surface area contributed by atoms with Gasteiger partial charge in [-0.15, -0.1) is 0 Å². The summed E-state index contributed by atoms with van der Waals surface area (Å²) in [4.78, 5) is 30.4. The predicted molar refractivity (Wildman–Crippen MR) is 117 cm³/mol. The number of hydrogen-bond acceptors (Lipinski definition) is 3. The van der Waals surface area contributed by atoms with Crippen LogP contribution in [0.1, 0.15) is 38.7 Å². The van der Waals surface area contributed by atoms with Crippen LogP contribution in [0.4, 0.5) is 17.1 Å². The maximum Gasteiger partial charge on any atom is 0.242 e. The highest BCUT2D eigenvalue weighted by Crippen LogP contribution is 2.32. The highest BCUT2D eigenvalue weighted by molar-refractivity contribution is 6.15. The quantitative estimate of drug-likeness (QED) is 0.794. The zero-order valence-corrected chi connectivity index (χ0v) is 17.3. The van der Waals surface area contributed by atoms with Crippen molar-refractivity contribution in [2.45, 2.75) is 39.5 Å². The molecular formula is C24H29N3O2. The number of carbonyl (C=O) groups is 2. The Morgan fingerprint density at radius 1 is 0.897 bits per heavy atom. The standard InChI is InChI=1S/C24H29N3O2/c1-24(2,23(29)27-17-7-9-18-8-3-4-10-21(18)27)22(28)25-19-11-13-20(14-12-19)26-15-5-6-16-26/h3-4,8,10-14H,5-7,9,15-17H2,1-2H3,(H,25,28). The maximum atomic E-state index is 13.3. The fourth-order valence-corrected chi connectivity index (χ4v) is 4.20. The van der Waals surface area contributed by atoms with Gasteiger partial charge < -0.3 is 15.1 Å². The molecule has 0 atom stereocenters. The van der Waals surface area contributed by atoms with Crippen LogP contribution in [-0.2, 0) is 16.0 Å². The van der Waals surface area contributed by atoms with Gasteiger partial charge in [-0.3, -0.25) is 9.59 Å². The van der Waals surface area contributed by atoms with E-state index in [9.17, 15) is 9.59 Å². The van der Waals surface area contributed by atoms with Crippen molar-refractivity contribution in [2.75, 3.05) is 34.8 Å². The van der Waals surface area contributed by atoms with Crippen molar-refractivity contribution in [1.29, 1.82) is 0 Å². The number of aryl methyl sites for hydroxylation is 1. The van der Waals surface area contributed by atoms with Gasteiger partial charge in [0.15, 0.2) is 0 Å². The molecule has 2 amide bonds. The van der Waals surface area contributed by atoms with E-state index in [0.717, 1.165) is 37.3 Å². The second-order valence-electron chi connectivity index (χ2n) is 8.51. The first-order valence-corrected chi connectivity index (χ1v) is 10.5. The molecule has 1 fully saturated rings.